The first-order valence-electron chi connectivity index (χ1n) is 6.67. The molecular formula is C13H20ClNO. The predicted molar refractivity (Wildman–Crippen MR) is 64.3 cm³/mol. The van der Waals surface area contributed by atoms with Gasteiger partial charge in [-0.15, -0.1) is 11.6 Å². The summed E-state index contributed by atoms with van der Waals surface area (Å²) in [6, 6.07) is 0. The first-order valence-corrected chi connectivity index (χ1v) is 7.11. The topological polar surface area (TPSA) is 29.1 Å². The second kappa shape index (κ2) is 4.21. The van der Waals surface area contributed by atoms with Gasteiger partial charge < -0.3 is 5.32 Å². The van der Waals surface area contributed by atoms with E-state index >= 15 is 0 Å². The minimum Gasteiger partial charge on any atom is -0.356 e. The quantitative estimate of drug-likeness (QED) is 0.756. The van der Waals surface area contributed by atoms with E-state index < -0.39 is 0 Å². The molecule has 16 heavy (non-hydrogen) atoms. The molecule has 2 nitrogen and oxygen atoms in total. The minimum absolute atomic E-state index is 0.327. The number of hydrogen-bond donors (Lipinski definition) is 1. The molecule has 3 fully saturated rings. The van der Waals surface area contributed by atoms with Gasteiger partial charge in [-0.2, -0.15) is 0 Å². The Morgan fingerprint density at radius 1 is 1.19 bits per heavy atom. The maximum Gasteiger partial charge on any atom is 0.223 e. The molecule has 0 aromatic carbocycles. The molecule has 3 rings (SSSR count). The molecule has 0 aliphatic heterocycles. The number of halogens is 1. The fourth-order valence-corrected chi connectivity index (χ4v) is 4.15. The molecule has 3 aliphatic rings. The van der Waals surface area contributed by atoms with Crippen molar-refractivity contribution in [2.45, 2.75) is 43.9 Å². The summed E-state index contributed by atoms with van der Waals surface area (Å²) in [5, 5.41) is 3.49. The van der Waals surface area contributed by atoms with Crippen molar-refractivity contribution in [3.63, 3.8) is 0 Å². The van der Waals surface area contributed by atoms with Crippen LogP contribution in [0.5, 0.6) is 0 Å². The van der Waals surface area contributed by atoms with Gasteiger partial charge in [-0.05, 0) is 49.9 Å². The number of alkyl halides is 1. The van der Waals surface area contributed by atoms with Gasteiger partial charge in [0.1, 0.15) is 0 Å². The predicted octanol–water partition coefficient (Wildman–Crippen LogP) is 2.56. The van der Waals surface area contributed by atoms with E-state index in [1.54, 1.807) is 0 Å². The lowest BCUT2D eigenvalue weighted by atomic mass is 10.1. The molecule has 0 saturated heterocycles. The van der Waals surface area contributed by atoms with Gasteiger partial charge in [-0.25, -0.2) is 0 Å². The fourth-order valence-electron chi connectivity index (χ4n) is 3.77. The molecule has 3 saturated carbocycles. The fraction of sp³-hybridized carbons (Fsp3) is 0.923. The summed E-state index contributed by atoms with van der Waals surface area (Å²) in [7, 11) is 0. The second-order valence-corrected chi connectivity index (χ2v) is 6.42. The summed E-state index contributed by atoms with van der Waals surface area (Å²) in [4.78, 5) is 11.9. The zero-order valence-electron chi connectivity index (χ0n) is 9.62. The molecule has 0 heterocycles. The normalized spacial score (nSPS) is 45.4. The molecule has 90 valence electrons. The van der Waals surface area contributed by atoms with Crippen molar-refractivity contribution < 1.29 is 4.79 Å². The Labute approximate surface area is 102 Å². The third-order valence-corrected chi connectivity index (χ3v) is 5.15. The van der Waals surface area contributed by atoms with Crippen LogP contribution in [-0.4, -0.2) is 17.8 Å². The van der Waals surface area contributed by atoms with Crippen LogP contribution >= 0.6 is 11.6 Å². The van der Waals surface area contributed by atoms with E-state index in [9.17, 15) is 4.79 Å². The Morgan fingerprint density at radius 2 is 1.94 bits per heavy atom. The molecule has 1 amide bonds. The zero-order valence-corrected chi connectivity index (χ0v) is 10.4. The minimum atomic E-state index is 0.327. The van der Waals surface area contributed by atoms with Gasteiger partial charge in [-0.3, -0.25) is 4.79 Å². The molecule has 0 radical (unpaired) electrons. The van der Waals surface area contributed by atoms with Gasteiger partial charge >= 0.3 is 0 Å². The monoisotopic (exact) mass is 241 g/mol. The van der Waals surface area contributed by atoms with Crippen molar-refractivity contribution in [3.8, 4) is 0 Å². The first-order chi connectivity index (χ1) is 7.75. The van der Waals surface area contributed by atoms with Crippen molar-refractivity contribution in [3.05, 3.63) is 0 Å². The van der Waals surface area contributed by atoms with Crippen molar-refractivity contribution in [1.82, 2.24) is 5.32 Å². The van der Waals surface area contributed by atoms with Crippen LogP contribution in [0.3, 0.4) is 0 Å². The largest absolute Gasteiger partial charge is 0.356 e. The van der Waals surface area contributed by atoms with Crippen LogP contribution in [0.25, 0.3) is 0 Å². The molecule has 3 aliphatic carbocycles. The molecule has 0 aromatic heterocycles. The Balaban J connectivity index is 1.41. The van der Waals surface area contributed by atoms with Gasteiger partial charge in [0, 0.05) is 17.8 Å². The number of fused-ring (bicyclic) bond motifs is 1. The van der Waals surface area contributed by atoms with E-state index in [4.69, 9.17) is 11.6 Å². The lowest BCUT2D eigenvalue weighted by Gasteiger charge is -2.11. The average molecular weight is 242 g/mol. The smallest absolute Gasteiger partial charge is 0.223 e. The van der Waals surface area contributed by atoms with Gasteiger partial charge in [0.15, 0.2) is 0 Å². The van der Waals surface area contributed by atoms with Crippen LogP contribution in [0.2, 0.25) is 0 Å². The molecule has 4 unspecified atom stereocenters. The standard InChI is InChI=1S/C13H20ClNO/c14-9-5-4-8(6-9)7-15-13(16)12-10-2-1-3-11(10)12/h8-12H,1-7H2,(H,15,16). The maximum absolute atomic E-state index is 11.9. The number of carbonyl (C=O) groups excluding carboxylic acids is 1. The summed E-state index contributed by atoms with van der Waals surface area (Å²) in [6.45, 7) is 0.859. The summed E-state index contributed by atoms with van der Waals surface area (Å²) in [5.74, 6) is 2.81. The molecule has 0 bridgehead atoms. The van der Waals surface area contributed by atoms with E-state index in [-0.39, 0.29) is 0 Å². The van der Waals surface area contributed by atoms with Gasteiger partial charge in [0.05, 0.1) is 0 Å². The van der Waals surface area contributed by atoms with E-state index in [1.807, 2.05) is 0 Å². The summed E-state index contributed by atoms with van der Waals surface area (Å²) in [6.07, 6.45) is 7.31. The SMILES string of the molecule is O=C(NCC1CCC(Cl)C1)C1C2CCCC21. The van der Waals surface area contributed by atoms with Crippen molar-refractivity contribution in [1.29, 1.82) is 0 Å². The van der Waals surface area contributed by atoms with Crippen LogP contribution in [0, 0.1) is 23.7 Å². The lowest BCUT2D eigenvalue weighted by molar-refractivity contribution is -0.123. The molecule has 3 heteroatoms. The summed E-state index contributed by atoms with van der Waals surface area (Å²) >= 11 is 6.06. The molecule has 0 aromatic rings. The van der Waals surface area contributed by atoms with Gasteiger partial charge in [0.2, 0.25) is 5.91 Å². The Morgan fingerprint density at radius 3 is 2.56 bits per heavy atom. The van der Waals surface area contributed by atoms with Gasteiger partial charge in [-0.1, -0.05) is 6.42 Å². The van der Waals surface area contributed by atoms with E-state index in [0.29, 0.717) is 23.1 Å². The molecule has 4 atom stereocenters. The molecular weight excluding hydrogens is 222 g/mol. The van der Waals surface area contributed by atoms with E-state index in [2.05, 4.69) is 5.32 Å². The lowest BCUT2D eigenvalue weighted by Crippen LogP contribution is -2.31. The van der Waals surface area contributed by atoms with E-state index in [1.165, 1.54) is 25.7 Å². The van der Waals surface area contributed by atoms with Crippen LogP contribution in [-0.2, 0) is 4.79 Å². The van der Waals surface area contributed by atoms with Crippen LogP contribution in [0.1, 0.15) is 38.5 Å². The second-order valence-electron chi connectivity index (χ2n) is 5.81. The number of hydrogen-bond acceptors (Lipinski definition) is 1. The average Bonchev–Trinajstić information content (AvgIpc) is 2.68. The van der Waals surface area contributed by atoms with Crippen LogP contribution in [0.4, 0.5) is 0 Å². The third-order valence-electron chi connectivity index (χ3n) is 4.75. The highest BCUT2D eigenvalue weighted by atomic mass is 35.5. The highest BCUT2D eigenvalue weighted by Crippen LogP contribution is 2.57. The Kier molecular flexibility index (Phi) is 2.87. The van der Waals surface area contributed by atoms with Crippen LogP contribution in [0.15, 0.2) is 0 Å². The first kappa shape index (κ1) is 10.9. The maximum atomic E-state index is 11.9. The highest BCUT2D eigenvalue weighted by Gasteiger charge is 2.56. The van der Waals surface area contributed by atoms with Crippen molar-refractivity contribution in [2.75, 3.05) is 6.54 Å². The number of carbonyl (C=O) groups is 1. The molecule has 1 N–H and O–H groups in total. The summed E-state index contributed by atoms with van der Waals surface area (Å²) < 4.78 is 0. The summed E-state index contributed by atoms with van der Waals surface area (Å²) in [5.41, 5.74) is 0. The third kappa shape index (κ3) is 1.97. The Hall–Kier alpha value is -0.240. The van der Waals surface area contributed by atoms with Gasteiger partial charge in [0.25, 0.3) is 0 Å². The highest BCUT2D eigenvalue weighted by molar-refractivity contribution is 6.20. The number of rotatable bonds is 3. The zero-order chi connectivity index (χ0) is 11.1. The number of nitrogens with one attached hydrogen (secondary N) is 1. The number of amides is 1. The molecule has 0 spiro atoms. The van der Waals surface area contributed by atoms with Crippen LogP contribution < -0.4 is 5.32 Å². The van der Waals surface area contributed by atoms with Crippen molar-refractivity contribution in [2.24, 2.45) is 23.7 Å². The van der Waals surface area contributed by atoms with E-state index in [0.717, 1.165) is 31.2 Å². The van der Waals surface area contributed by atoms with Crippen molar-refractivity contribution >= 4 is 17.5 Å². The Bertz CT molecular complexity index is 284.